The molecule has 0 unspecified atom stereocenters. The Labute approximate surface area is 126 Å². The first kappa shape index (κ1) is 12.4. The van der Waals surface area contributed by atoms with Gasteiger partial charge in [0.05, 0.1) is 10.7 Å². The standard InChI is InChI=1S/C17H11NO2S/c1-18-12-8-4-5-9-13(12)21-17(18)14-15(19)10-6-2-3-7-11(10)16(14)20/h2-9H,1H3. The van der Waals surface area contributed by atoms with Crippen LogP contribution in [0.15, 0.2) is 64.0 Å². The molecule has 0 radical (unpaired) electrons. The molecule has 2 aromatic rings. The van der Waals surface area contributed by atoms with Crippen molar-refractivity contribution in [2.45, 2.75) is 4.90 Å². The molecule has 1 aliphatic heterocycles. The lowest BCUT2D eigenvalue weighted by Crippen LogP contribution is -2.16. The minimum atomic E-state index is -0.169. The highest BCUT2D eigenvalue weighted by atomic mass is 32.2. The molecule has 0 spiro atoms. The van der Waals surface area contributed by atoms with Crippen LogP contribution in [0, 0.1) is 0 Å². The largest absolute Gasteiger partial charge is 0.337 e. The van der Waals surface area contributed by atoms with Crippen molar-refractivity contribution in [2.24, 2.45) is 0 Å². The summed E-state index contributed by atoms with van der Waals surface area (Å²) >= 11 is 1.48. The van der Waals surface area contributed by atoms with Gasteiger partial charge < -0.3 is 4.90 Å². The van der Waals surface area contributed by atoms with Crippen LogP contribution in [-0.4, -0.2) is 18.6 Å². The van der Waals surface area contributed by atoms with Crippen molar-refractivity contribution in [1.82, 2.24) is 0 Å². The maximum Gasteiger partial charge on any atom is 0.200 e. The van der Waals surface area contributed by atoms with Gasteiger partial charge in [-0.15, -0.1) is 0 Å². The fraction of sp³-hybridized carbons (Fsp3) is 0.0588. The molecule has 21 heavy (non-hydrogen) atoms. The van der Waals surface area contributed by atoms with Crippen LogP contribution in [-0.2, 0) is 0 Å². The van der Waals surface area contributed by atoms with Crippen molar-refractivity contribution >= 4 is 29.0 Å². The van der Waals surface area contributed by atoms with E-state index < -0.39 is 0 Å². The molecule has 4 rings (SSSR count). The van der Waals surface area contributed by atoms with Gasteiger partial charge in [-0.2, -0.15) is 0 Å². The number of Topliss-reactive ketones (excluding diaryl/α,β-unsaturated/α-hetero) is 2. The smallest absolute Gasteiger partial charge is 0.200 e. The lowest BCUT2D eigenvalue weighted by Gasteiger charge is -2.14. The zero-order chi connectivity index (χ0) is 14.6. The molecule has 0 amide bonds. The number of para-hydroxylation sites is 1. The van der Waals surface area contributed by atoms with Gasteiger partial charge in [-0.3, -0.25) is 9.59 Å². The Morgan fingerprint density at radius 3 is 2.05 bits per heavy atom. The summed E-state index contributed by atoms with van der Waals surface area (Å²) in [6, 6.07) is 14.9. The van der Waals surface area contributed by atoms with E-state index in [0.717, 1.165) is 15.6 Å². The lowest BCUT2D eigenvalue weighted by molar-refractivity contribution is 0.0988. The van der Waals surface area contributed by atoms with Gasteiger partial charge >= 0.3 is 0 Å². The number of benzene rings is 2. The number of hydrogen-bond acceptors (Lipinski definition) is 4. The highest BCUT2D eigenvalue weighted by Gasteiger charge is 2.38. The molecular weight excluding hydrogens is 282 g/mol. The summed E-state index contributed by atoms with van der Waals surface area (Å²) in [5.41, 5.74) is 2.34. The van der Waals surface area contributed by atoms with Gasteiger partial charge in [0.2, 0.25) is 0 Å². The van der Waals surface area contributed by atoms with Crippen molar-refractivity contribution in [1.29, 1.82) is 0 Å². The number of thioether (sulfide) groups is 1. The number of fused-ring (bicyclic) bond motifs is 2. The third-order valence-electron chi connectivity index (χ3n) is 3.82. The average Bonchev–Trinajstić information content (AvgIpc) is 2.96. The molecule has 1 heterocycles. The summed E-state index contributed by atoms with van der Waals surface area (Å²) in [6.45, 7) is 0. The number of ketones is 2. The van der Waals surface area contributed by atoms with Gasteiger partial charge in [-0.05, 0) is 12.1 Å². The van der Waals surface area contributed by atoms with Crippen LogP contribution in [0.2, 0.25) is 0 Å². The third kappa shape index (κ3) is 1.63. The first-order valence-corrected chi connectivity index (χ1v) is 7.43. The molecule has 1 aliphatic carbocycles. The number of hydrogen-bond donors (Lipinski definition) is 0. The summed E-state index contributed by atoms with van der Waals surface area (Å²) in [7, 11) is 1.89. The zero-order valence-corrected chi connectivity index (χ0v) is 12.1. The van der Waals surface area contributed by atoms with Crippen molar-refractivity contribution < 1.29 is 9.59 Å². The highest BCUT2D eigenvalue weighted by molar-refractivity contribution is 8.03. The second-order valence-electron chi connectivity index (χ2n) is 5.01. The maximum atomic E-state index is 12.6. The van der Waals surface area contributed by atoms with E-state index in [1.54, 1.807) is 24.3 Å². The van der Waals surface area contributed by atoms with E-state index in [0.29, 0.717) is 16.7 Å². The van der Waals surface area contributed by atoms with E-state index in [-0.39, 0.29) is 11.6 Å². The van der Waals surface area contributed by atoms with Crippen LogP contribution in [0.4, 0.5) is 5.69 Å². The first-order chi connectivity index (χ1) is 10.2. The zero-order valence-electron chi connectivity index (χ0n) is 11.3. The van der Waals surface area contributed by atoms with E-state index in [1.165, 1.54) is 11.8 Å². The molecular formula is C17H11NO2S. The summed E-state index contributed by atoms with van der Waals surface area (Å²) in [5, 5.41) is 0.724. The molecule has 0 fully saturated rings. The van der Waals surface area contributed by atoms with E-state index in [4.69, 9.17) is 0 Å². The fourth-order valence-electron chi connectivity index (χ4n) is 2.77. The molecule has 0 aromatic heterocycles. The minimum absolute atomic E-state index is 0.169. The van der Waals surface area contributed by atoms with Crippen LogP contribution >= 0.6 is 11.8 Å². The van der Waals surface area contributed by atoms with E-state index >= 15 is 0 Å². The molecule has 2 aromatic carbocycles. The van der Waals surface area contributed by atoms with Crippen molar-refractivity contribution in [2.75, 3.05) is 11.9 Å². The predicted octanol–water partition coefficient (Wildman–Crippen LogP) is 3.52. The molecule has 0 bridgehead atoms. The molecule has 0 saturated heterocycles. The number of carbonyl (C=O) groups excluding carboxylic acids is 2. The second-order valence-corrected chi connectivity index (χ2v) is 6.04. The average molecular weight is 293 g/mol. The molecule has 2 aliphatic rings. The maximum absolute atomic E-state index is 12.6. The van der Waals surface area contributed by atoms with E-state index in [1.807, 2.05) is 36.2 Å². The lowest BCUT2D eigenvalue weighted by atomic mass is 10.1. The van der Waals surface area contributed by atoms with Gasteiger partial charge in [0.1, 0.15) is 5.57 Å². The fourth-order valence-corrected chi connectivity index (χ4v) is 3.95. The van der Waals surface area contributed by atoms with Gasteiger partial charge in [-0.25, -0.2) is 0 Å². The first-order valence-electron chi connectivity index (χ1n) is 6.62. The Balaban J connectivity index is 1.90. The number of rotatable bonds is 0. The van der Waals surface area contributed by atoms with E-state index in [2.05, 4.69) is 0 Å². The number of allylic oxidation sites excluding steroid dienone is 1. The van der Waals surface area contributed by atoms with Crippen molar-refractivity contribution in [3.8, 4) is 0 Å². The van der Waals surface area contributed by atoms with E-state index in [9.17, 15) is 9.59 Å². The Morgan fingerprint density at radius 1 is 0.857 bits per heavy atom. The van der Waals surface area contributed by atoms with Gasteiger partial charge in [-0.1, -0.05) is 48.2 Å². The summed E-state index contributed by atoms with van der Waals surface area (Å²) in [5.74, 6) is -0.337. The molecule has 0 atom stereocenters. The van der Waals surface area contributed by atoms with Crippen LogP contribution in [0.3, 0.4) is 0 Å². The van der Waals surface area contributed by atoms with Gasteiger partial charge in [0.15, 0.2) is 11.6 Å². The summed E-state index contributed by atoms with van der Waals surface area (Å²) in [6.07, 6.45) is 0. The van der Waals surface area contributed by atoms with Crippen LogP contribution < -0.4 is 4.90 Å². The van der Waals surface area contributed by atoms with Crippen molar-refractivity contribution in [3.63, 3.8) is 0 Å². The van der Waals surface area contributed by atoms with Crippen LogP contribution in [0.25, 0.3) is 0 Å². The summed E-state index contributed by atoms with van der Waals surface area (Å²) in [4.78, 5) is 28.1. The minimum Gasteiger partial charge on any atom is -0.337 e. The van der Waals surface area contributed by atoms with Crippen LogP contribution in [0.5, 0.6) is 0 Å². The number of nitrogens with zero attached hydrogens (tertiary/aromatic N) is 1. The Hall–Kier alpha value is -2.33. The molecule has 102 valence electrons. The van der Waals surface area contributed by atoms with Crippen LogP contribution in [0.1, 0.15) is 20.7 Å². The topological polar surface area (TPSA) is 37.4 Å². The SMILES string of the molecule is CN1C(=C2C(=O)c3ccccc3C2=O)Sc2ccccc21. The monoisotopic (exact) mass is 293 g/mol. The van der Waals surface area contributed by atoms with Crippen molar-refractivity contribution in [3.05, 3.63) is 70.3 Å². The Kier molecular flexibility index (Phi) is 2.56. The molecule has 3 nitrogen and oxygen atoms in total. The Bertz CT molecular complexity index is 801. The number of carbonyl (C=O) groups is 2. The van der Waals surface area contributed by atoms with Gasteiger partial charge in [0.25, 0.3) is 0 Å². The molecule has 0 N–H and O–H groups in total. The third-order valence-corrected chi connectivity index (χ3v) is 5.06. The summed E-state index contributed by atoms with van der Waals surface area (Å²) < 4.78 is 0. The number of anilines is 1. The normalized spacial score (nSPS) is 16.5. The Morgan fingerprint density at radius 2 is 1.43 bits per heavy atom. The molecule has 4 heteroatoms. The predicted molar refractivity (Wildman–Crippen MR) is 82.8 cm³/mol. The molecule has 0 saturated carbocycles. The van der Waals surface area contributed by atoms with Gasteiger partial charge in [0, 0.05) is 23.1 Å². The quantitative estimate of drug-likeness (QED) is 0.550. The second kappa shape index (κ2) is 4.33. The highest BCUT2D eigenvalue weighted by Crippen LogP contribution is 2.47.